The van der Waals surface area contributed by atoms with Crippen LogP contribution in [-0.2, 0) is 0 Å². The molecule has 1 aromatic rings. The third-order valence-corrected chi connectivity index (χ3v) is 5.38. The van der Waals surface area contributed by atoms with Gasteiger partial charge in [-0.1, -0.05) is 28.1 Å². The van der Waals surface area contributed by atoms with Crippen LogP contribution in [0.5, 0.6) is 0 Å². The number of rotatable bonds is 3. The number of nitrogens with zero attached hydrogens (tertiary/aromatic N) is 1. The normalized spacial score (nSPS) is 22.0. The van der Waals surface area contributed by atoms with E-state index in [4.69, 9.17) is 0 Å². The summed E-state index contributed by atoms with van der Waals surface area (Å²) in [5, 5.41) is 3.46. The quantitative estimate of drug-likeness (QED) is 0.860. The van der Waals surface area contributed by atoms with Gasteiger partial charge in [0.2, 0.25) is 0 Å². The van der Waals surface area contributed by atoms with Crippen LogP contribution in [-0.4, -0.2) is 37.6 Å². The summed E-state index contributed by atoms with van der Waals surface area (Å²) in [6.45, 7) is 6.33. The molecule has 2 saturated heterocycles. The Bertz CT molecular complexity index is 427. The van der Waals surface area contributed by atoms with Crippen molar-refractivity contribution in [3.05, 3.63) is 34.3 Å². The summed E-state index contributed by atoms with van der Waals surface area (Å²) in [5.41, 5.74) is 1.51. The first-order valence-electron chi connectivity index (χ1n) is 8.00. The Kier molecular flexibility index (Phi) is 7.00. The average molecular weight is 374 g/mol. The SMILES string of the molecule is Brc1cccc(C2CCN(CC3CCNCC3)CC2)c1.Cl. The standard InChI is InChI=1S/C17H25BrN2.ClH/c18-17-3-1-2-16(12-17)15-6-10-20(11-7-15)13-14-4-8-19-9-5-14;/h1-3,12,14-15,19H,4-11,13H2;1H. The predicted molar refractivity (Wildman–Crippen MR) is 95.4 cm³/mol. The van der Waals surface area contributed by atoms with Crippen LogP contribution in [0.4, 0.5) is 0 Å². The van der Waals surface area contributed by atoms with Gasteiger partial charge in [0.25, 0.3) is 0 Å². The van der Waals surface area contributed by atoms with Gasteiger partial charge in [-0.15, -0.1) is 12.4 Å². The fourth-order valence-corrected chi connectivity index (χ4v) is 4.06. The number of likely N-dealkylation sites (tertiary alicyclic amines) is 1. The molecule has 118 valence electrons. The lowest BCUT2D eigenvalue weighted by molar-refractivity contribution is 0.167. The molecule has 0 amide bonds. The molecule has 21 heavy (non-hydrogen) atoms. The fourth-order valence-electron chi connectivity index (χ4n) is 3.64. The van der Waals surface area contributed by atoms with E-state index in [2.05, 4.69) is 50.4 Å². The second-order valence-corrected chi connectivity index (χ2v) is 7.24. The lowest BCUT2D eigenvalue weighted by Gasteiger charge is -2.35. The summed E-state index contributed by atoms with van der Waals surface area (Å²) < 4.78 is 1.21. The van der Waals surface area contributed by atoms with Gasteiger partial charge >= 0.3 is 0 Å². The number of piperidine rings is 2. The monoisotopic (exact) mass is 372 g/mol. The first-order chi connectivity index (χ1) is 9.81. The number of benzene rings is 1. The zero-order valence-electron chi connectivity index (χ0n) is 12.6. The maximum Gasteiger partial charge on any atom is 0.0178 e. The molecule has 0 radical (unpaired) electrons. The molecule has 0 spiro atoms. The van der Waals surface area contributed by atoms with E-state index < -0.39 is 0 Å². The van der Waals surface area contributed by atoms with E-state index >= 15 is 0 Å². The first kappa shape index (κ1) is 17.3. The van der Waals surface area contributed by atoms with Crippen LogP contribution in [0.3, 0.4) is 0 Å². The number of halogens is 2. The highest BCUT2D eigenvalue weighted by Gasteiger charge is 2.23. The number of hydrogen-bond acceptors (Lipinski definition) is 2. The Morgan fingerprint density at radius 3 is 2.48 bits per heavy atom. The minimum atomic E-state index is 0. The second kappa shape index (κ2) is 8.52. The van der Waals surface area contributed by atoms with Crippen molar-refractivity contribution in [2.24, 2.45) is 5.92 Å². The fraction of sp³-hybridized carbons (Fsp3) is 0.647. The molecule has 3 rings (SSSR count). The predicted octanol–water partition coefficient (Wildman–Crippen LogP) is 4.05. The average Bonchev–Trinajstić information content (AvgIpc) is 2.49. The van der Waals surface area contributed by atoms with Crippen molar-refractivity contribution in [2.45, 2.75) is 31.6 Å². The molecule has 2 nitrogen and oxygen atoms in total. The maximum atomic E-state index is 3.59. The lowest BCUT2D eigenvalue weighted by atomic mass is 9.88. The van der Waals surface area contributed by atoms with Crippen molar-refractivity contribution in [1.82, 2.24) is 10.2 Å². The molecular formula is C17H26BrClN2. The second-order valence-electron chi connectivity index (χ2n) is 6.32. The van der Waals surface area contributed by atoms with E-state index in [-0.39, 0.29) is 12.4 Å². The molecule has 2 heterocycles. The van der Waals surface area contributed by atoms with Gasteiger partial charge in [-0.2, -0.15) is 0 Å². The first-order valence-corrected chi connectivity index (χ1v) is 8.79. The Morgan fingerprint density at radius 1 is 1.10 bits per heavy atom. The van der Waals surface area contributed by atoms with Crippen LogP contribution >= 0.6 is 28.3 Å². The number of nitrogens with one attached hydrogen (secondary N) is 1. The van der Waals surface area contributed by atoms with Gasteiger partial charge in [-0.25, -0.2) is 0 Å². The zero-order valence-corrected chi connectivity index (χ0v) is 15.0. The van der Waals surface area contributed by atoms with E-state index in [9.17, 15) is 0 Å². The van der Waals surface area contributed by atoms with Crippen molar-refractivity contribution >= 4 is 28.3 Å². The summed E-state index contributed by atoms with van der Waals surface area (Å²) >= 11 is 3.59. The minimum Gasteiger partial charge on any atom is -0.317 e. The summed E-state index contributed by atoms with van der Waals surface area (Å²) in [6.07, 6.45) is 5.37. The molecule has 0 atom stereocenters. The molecular weight excluding hydrogens is 348 g/mol. The molecule has 2 aliphatic heterocycles. The highest BCUT2D eigenvalue weighted by atomic mass is 79.9. The third kappa shape index (κ3) is 4.95. The van der Waals surface area contributed by atoms with Crippen molar-refractivity contribution in [1.29, 1.82) is 0 Å². The summed E-state index contributed by atoms with van der Waals surface area (Å²) in [5.74, 6) is 1.69. The largest absolute Gasteiger partial charge is 0.317 e. The lowest BCUT2D eigenvalue weighted by Crippen LogP contribution is -2.39. The number of hydrogen-bond donors (Lipinski definition) is 1. The molecule has 0 aromatic heterocycles. The Morgan fingerprint density at radius 2 is 1.81 bits per heavy atom. The van der Waals surface area contributed by atoms with Crippen molar-refractivity contribution in [3.8, 4) is 0 Å². The maximum absolute atomic E-state index is 3.59. The molecule has 0 bridgehead atoms. The van der Waals surface area contributed by atoms with Gasteiger partial charge in [0.05, 0.1) is 0 Å². The van der Waals surface area contributed by atoms with Crippen LogP contribution in [0.1, 0.15) is 37.2 Å². The topological polar surface area (TPSA) is 15.3 Å². The van der Waals surface area contributed by atoms with Crippen molar-refractivity contribution in [3.63, 3.8) is 0 Å². The molecule has 0 aliphatic carbocycles. The summed E-state index contributed by atoms with van der Waals surface area (Å²) in [7, 11) is 0. The highest BCUT2D eigenvalue weighted by Crippen LogP contribution is 2.30. The molecule has 0 saturated carbocycles. The Labute approximate surface area is 143 Å². The van der Waals surface area contributed by atoms with Crippen molar-refractivity contribution < 1.29 is 0 Å². The Hall–Kier alpha value is -0.0900. The third-order valence-electron chi connectivity index (χ3n) is 4.88. The summed E-state index contributed by atoms with van der Waals surface area (Å²) in [6, 6.07) is 8.88. The van der Waals surface area contributed by atoms with Gasteiger partial charge < -0.3 is 10.2 Å². The van der Waals surface area contributed by atoms with Crippen LogP contribution in [0, 0.1) is 5.92 Å². The van der Waals surface area contributed by atoms with Crippen LogP contribution < -0.4 is 5.32 Å². The van der Waals surface area contributed by atoms with Gasteiger partial charge in [0.1, 0.15) is 0 Å². The van der Waals surface area contributed by atoms with Crippen LogP contribution in [0.25, 0.3) is 0 Å². The Balaban J connectivity index is 0.00000161. The van der Waals surface area contributed by atoms with E-state index in [1.807, 2.05) is 0 Å². The van der Waals surface area contributed by atoms with E-state index in [1.54, 1.807) is 0 Å². The summed E-state index contributed by atoms with van der Waals surface area (Å²) in [4.78, 5) is 2.70. The smallest absolute Gasteiger partial charge is 0.0178 e. The highest BCUT2D eigenvalue weighted by molar-refractivity contribution is 9.10. The van der Waals surface area contributed by atoms with Crippen LogP contribution in [0.2, 0.25) is 0 Å². The minimum absolute atomic E-state index is 0. The molecule has 2 aliphatic rings. The van der Waals surface area contributed by atoms with Gasteiger partial charge in [-0.05, 0) is 81.4 Å². The van der Waals surface area contributed by atoms with Crippen molar-refractivity contribution in [2.75, 3.05) is 32.7 Å². The molecule has 0 unspecified atom stereocenters. The molecule has 2 fully saturated rings. The van der Waals surface area contributed by atoms with Gasteiger partial charge in [0.15, 0.2) is 0 Å². The molecule has 4 heteroatoms. The van der Waals surface area contributed by atoms with Crippen LogP contribution in [0.15, 0.2) is 28.7 Å². The molecule has 1 N–H and O–H groups in total. The van der Waals surface area contributed by atoms with E-state index in [0.717, 1.165) is 11.8 Å². The van der Waals surface area contributed by atoms with E-state index in [1.165, 1.54) is 68.4 Å². The zero-order chi connectivity index (χ0) is 13.8. The van der Waals surface area contributed by atoms with Gasteiger partial charge in [0, 0.05) is 11.0 Å². The van der Waals surface area contributed by atoms with Gasteiger partial charge in [-0.3, -0.25) is 0 Å². The van der Waals surface area contributed by atoms with E-state index in [0.29, 0.717) is 0 Å². The molecule has 1 aromatic carbocycles.